The molecule has 2 amide bonds. The predicted octanol–water partition coefficient (Wildman–Crippen LogP) is 0.787. The molecule has 1 atom stereocenters. The Kier molecular flexibility index (Phi) is 4.38. The van der Waals surface area contributed by atoms with Gasteiger partial charge in [0.05, 0.1) is 0 Å². The minimum absolute atomic E-state index is 0.454. The Balaban J connectivity index is 2.02. The summed E-state index contributed by atoms with van der Waals surface area (Å²) < 4.78 is 2.52. The molecule has 0 aromatic carbocycles. The van der Waals surface area contributed by atoms with Gasteiger partial charge in [0.2, 0.25) is 0 Å². The molecule has 0 saturated carbocycles. The third-order valence-corrected chi connectivity index (χ3v) is 3.18. The van der Waals surface area contributed by atoms with Crippen molar-refractivity contribution in [3.63, 3.8) is 0 Å². The Bertz CT molecular complexity index is 177. The van der Waals surface area contributed by atoms with Crippen LogP contribution in [0, 0.1) is 0 Å². The molecule has 0 spiro atoms. The molecule has 76 valence electrons. The Morgan fingerprint density at radius 3 is 3.08 bits per heavy atom. The number of nitrogens with two attached hydrogens (primary N) is 1. The number of hydrogen-bond donors (Lipinski definition) is 2. The standard InChI is InChI=1S/C8H17N3OS/c1-11-5-2-3-7(11)4-6-13-10-8(9)12/h7H,2-6H2,1H3,(H3,9,10,12). The van der Waals surface area contributed by atoms with E-state index in [1.165, 1.54) is 31.3 Å². The lowest BCUT2D eigenvalue weighted by atomic mass is 10.2. The zero-order chi connectivity index (χ0) is 9.68. The van der Waals surface area contributed by atoms with Crippen molar-refractivity contribution in [1.29, 1.82) is 0 Å². The average Bonchev–Trinajstić information content (AvgIpc) is 2.45. The van der Waals surface area contributed by atoms with E-state index in [1.807, 2.05) is 0 Å². The maximum Gasteiger partial charge on any atom is 0.322 e. The molecule has 0 radical (unpaired) electrons. The number of carbonyl (C=O) groups is 1. The Morgan fingerprint density at radius 2 is 2.54 bits per heavy atom. The second-order valence-electron chi connectivity index (χ2n) is 3.38. The van der Waals surface area contributed by atoms with Crippen molar-refractivity contribution in [2.75, 3.05) is 19.3 Å². The zero-order valence-corrected chi connectivity index (χ0v) is 8.77. The molecule has 1 fully saturated rings. The number of nitrogens with zero attached hydrogens (tertiary/aromatic N) is 1. The maximum atomic E-state index is 10.3. The lowest BCUT2D eigenvalue weighted by molar-refractivity contribution is 0.254. The van der Waals surface area contributed by atoms with Gasteiger partial charge in [-0.25, -0.2) is 4.79 Å². The molecular formula is C8H17N3OS. The molecule has 4 nitrogen and oxygen atoms in total. The van der Waals surface area contributed by atoms with Gasteiger partial charge in [-0.3, -0.25) is 4.72 Å². The average molecular weight is 203 g/mol. The topological polar surface area (TPSA) is 58.4 Å². The first kappa shape index (κ1) is 10.7. The number of rotatable bonds is 4. The van der Waals surface area contributed by atoms with E-state index in [1.54, 1.807) is 0 Å². The predicted molar refractivity (Wildman–Crippen MR) is 55.4 cm³/mol. The highest BCUT2D eigenvalue weighted by molar-refractivity contribution is 7.97. The minimum Gasteiger partial charge on any atom is -0.351 e. The smallest absolute Gasteiger partial charge is 0.322 e. The second-order valence-corrected chi connectivity index (χ2v) is 4.28. The van der Waals surface area contributed by atoms with E-state index in [9.17, 15) is 4.79 Å². The van der Waals surface area contributed by atoms with E-state index in [0.29, 0.717) is 6.04 Å². The fourth-order valence-electron chi connectivity index (χ4n) is 1.66. The van der Waals surface area contributed by atoms with E-state index in [4.69, 9.17) is 5.73 Å². The van der Waals surface area contributed by atoms with Gasteiger partial charge < -0.3 is 10.6 Å². The number of hydrogen-bond acceptors (Lipinski definition) is 3. The first-order valence-corrected chi connectivity index (χ1v) is 5.56. The summed E-state index contributed by atoms with van der Waals surface area (Å²) in [6, 6.07) is 0.243. The lowest BCUT2D eigenvalue weighted by Crippen LogP contribution is -2.27. The van der Waals surface area contributed by atoms with Gasteiger partial charge in [0, 0.05) is 11.8 Å². The number of primary amides is 1. The molecular weight excluding hydrogens is 186 g/mol. The van der Waals surface area contributed by atoms with Crippen molar-refractivity contribution < 1.29 is 4.79 Å². The van der Waals surface area contributed by atoms with Crippen LogP contribution in [0.2, 0.25) is 0 Å². The number of carbonyl (C=O) groups excluding carboxylic acids is 1. The molecule has 1 unspecified atom stereocenters. The third-order valence-electron chi connectivity index (χ3n) is 2.40. The molecule has 0 aromatic heterocycles. The molecule has 1 heterocycles. The quantitative estimate of drug-likeness (QED) is 0.524. The molecule has 1 aliphatic heterocycles. The molecule has 1 saturated heterocycles. The molecule has 3 N–H and O–H groups in total. The Hall–Kier alpha value is -0.420. The second kappa shape index (κ2) is 5.34. The van der Waals surface area contributed by atoms with E-state index < -0.39 is 6.03 Å². The van der Waals surface area contributed by atoms with Gasteiger partial charge in [-0.15, -0.1) is 0 Å². The van der Waals surface area contributed by atoms with Gasteiger partial charge in [0.1, 0.15) is 0 Å². The molecule has 0 aromatic rings. The summed E-state index contributed by atoms with van der Waals surface area (Å²) in [5.74, 6) is 0.942. The van der Waals surface area contributed by atoms with Crippen LogP contribution in [-0.2, 0) is 0 Å². The van der Waals surface area contributed by atoms with Crippen molar-refractivity contribution in [2.24, 2.45) is 5.73 Å². The number of amides is 2. The molecule has 1 aliphatic rings. The largest absolute Gasteiger partial charge is 0.351 e. The van der Waals surface area contributed by atoms with Crippen molar-refractivity contribution in [2.45, 2.75) is 25.3 Å². The van der Waals surface area contributed by atoms with Gasteiger partial charge in [-0.05, 0) is 44.8 Å². The summed E-state index contributed by atoms with van der Waals surface area (Å²) in [6.07, 6.45) is 3.71. The lowest BCUT2D eigenvalue weighted by Gasteiger charge is -2.18. The molecule has 1 rings (SSSR count). The highest BCUT2D eigenvalue weighted by Crippen LogP contribution is 2.18. The molecule has 0 bridgehead atoms. The van der Waals surface area contributed by atoms with Gasteiger partial charge in [0.25, 0.3) is 0 Å². The Morgan fingerprint density at radius 1 is 1.77 bits per heavy atom. The SMILES string of the molecule is CN1CCCC1CCSNC(N)=O. The van der Waals surface area contributed by atoms with Crippen LogP contribution in [0.15, 0.2) is 0 Å². The third kappa shape index (κ3) is 3.87. The number of likely N-dealkylation sites (tertiary alicyclic amines) is 1. The summed E-state index contributed by atoms with van der Waals surface area (Å²) in [6.45, 7) is 1.21. The van der Waals surface area contributed by atoms with Crippen LogP contribution in [0.1, 0.15) is 19.3 Å². The molecule has 0 aliphatic carbocycles. The molecule has 13 heavy (non-hydrogen) atoms. The van der Waals surface area contributed by atoms with Crippen LogP contribution in [0.25, 0.3) is 0 Å². The van der Waals surface area contributed by atoms with Crippen molar-refractivity contribution in [1.82, 2.24) is 9.62 Å². The molecule has 5 heteroatoms. The normalized spacial score (nSPS) is 23.3. The van der Waals surface area contributed by atoms with Crippen LogP contribution in [0.5, 0.6) is 0 Å². The van der Waals surface area contributed by atoms with Crippen LogP contribution in [0.3, 0.4) is 0 Å². The minimum atomic E-state index is -0.454. The highest BCUT2D eigenvalue weighted by Gasteiger charge is 2.19. The first-order chi connectivity index (χ1) is 6.20. The summed E-state index contributed by atoms with van der Waals surface area (Å²) in [5, 5.41) is 0. The van der Waals surface area contributed by atoms with Gasteiger partial charge in [0.15, 0.2) is 0 Å². The fraction of sp³-hybridized carbons (Fsp3) is 0.875. The van der Waals surface area contributed by atoms with E-state index in [-0.39, 0.29) is 0 Å². The monoisotopic (exact) mass is 203 g/mol. The number of nitrogens with one attached hydrogen (secondary N) is 1. The van der Waals surface area contributed by atoms with Crippen molar-refractivity contribution >= 4 is 18.0 Å². The van der Waals surface area contributed by atoms with Crippen LogP contribution < -0.4 is 10.5 Å². The van der Waals surface area contributed by atoms with Gasteiger partial charge >= 0.3 is 6.03 Å². The van der Waals surface area contributed by atoms with Crippen molar-refractivity contribution in [3.8, 4) is 0 Å². The zero-order valence-electron chi connectivity index (χ0n) is 7.95. The Labute approximate surface area is 83.4 Å². The van der Waals surface area contributed by atoms with Gasteiger partial charge in [-0.2, -0.15) is 0 Å². The van der Waals surface area contributed by atoms with E-state index in [0.717, 1.165) is 12.2 Å². The van der Waals surface area contributed by atoms with Crippen LogP contribution >= 0.6 is 11.9 Å². The summed E-state index contributed by atoms with van der Waals surface area (Å²) in [7, 11) is 2.16. The highest BCUT2D eigenvalue weighted by atomic mass is 32.2. The van der Waals surface area contributed by atoms with Crippen molar-refractivity contribution in [3.05, 3.63) is 0 Å². The summed E-state index contributed by atoms with van der Waals surface area (Å²) >= 11 is 1.40. The van der Waals surface area contributed by atoms with E-state index >= 15 is 0 Å². The van der Waals surface area contributed by atoms with E-state index in [2.05, 4.69) is 16.7 Å². The van der Waals surface area contributed by atoms with Gasteiger partial charge in [-0.1, -0.05) is 0 Å². The fourth-order valence-corrected chi connectivity index (χ4v) is 2.30. The van der Waals surface area contributed by atoms with Crippen LogP contribution in [-0.4, -0.2) is 36.3 Å². The number of urea groups is 1. The first-order valence-electron chi connectivity index (χ1n) is 4.57. The summed E-state index contributed by atoms with van der Waals surface area (Å²) in [4.78, 5) is 12.7. The van der Waals surface area contributed by atoms with Crippen LogP contribution in [0.4, 0.5) is 4.79 Å². The maximum absolute atomic E-state index is 10.3. The summed E-state index contributed by atoms with van der Waals surface area (Å²) in [5.41, 5.74) is 4.93.